The molecule has 1 amide bonds. The fourth-order valence-corrected chi connectivity index (χ4v) is 2.78. The maximum absolute atomic E-state index is 12.8. The highest BCUT2D eigenvalue weighted by Gasteiger charge is 2.25. The Bertz CT molecular complexity index is 557. The zero-order valence-electron chi connectivity index (χ0n) is 13.5. The largest absolute Gasteiger partial charge is 0.493 e. The minimum Gasteiger partial charge on any atom is -0.493 e. The molecule has 1 aliphatic heterocycles. The molecule has 1 aromatic carbocycles. The molecule has 0 aromatic heterocycles. The molecule has 120 valence electrons. The second-order valence-electron chi connectivity index (χ2n) is 5.42. The molecule has 0 bridgehead atoms. The van der Waals surface area contributed by atoms with Crippen molar-refractivity contribution in [3.8, 4) is 11.5 Å². The van der Waals surface area contributed by atoms with Gasteiger partial charge in [-0.05, 0) is 25.5 Å². The lowest BCUT2D eigenvalue weighted by atomic mass is 10.0. The monoisotopic (exact) mass is 304 g/mol. The van der Waals surface area contributed by atoms with Crippen molar-refractivity contribution in [1.29, 1.82) is 0 Å². The first-order valence-electron chi connectivity index (χ1n) is 7.49. The fraction of sp³-hybridized carbons (Fsp3) is 0.471. The third-order valence-corrected chi connectivity index (χ3v) is 3.93. The van der Waals surface area contributed by atoms with Gasteiger partial charge in [-0.2, -0.15) is 0 Å². The maximum atomic E-state index is 12.8. The van der Waals surface area contributed by atoms with Gasteiger partial charge >= 0.3 is 0 Å². The van der Waals surface area contributed by atoms with Gasteiger partial charge in [0.2, 0.25) is 0 Å². The van der Waals surface area contributed by atoms with Gasteiger partial charge < -0.3 is 19.7 Å². The Morgan fingerprint density at radius 2 is 2.23 bits per heavy atom. The zero-order chi connectivity index (χ0) is 16.1. The van der Waals surface area contributed by atoms with E-state index < -0.39 is 0 Å². The molecule has 0 saturated carbocycles. The van der Waals surface area contributed by atoms with Crippen molar-refractivity contribution in [2.75, 3.05) is 33.9 Å². The maximum Gasteiger partial charge on any atom is 0.254 e. The van der Waals surface area contributed by atoms with Crippen LogP contribution in [-0.2, 0) is 6.42 Å². The van der Waals surface area contributed by atoms with Gasteiger partial charge in [0.15, 0.2) is 11.5 Å². The van der Waals surface area contributed by atoms with E-state index in [1.54, 1.807) is 26.4 Å². The molecule has 0 aliphatic carbocycles. The summed E-state index contributed by atoms with van der Waals surface area (Å²) in [6, 6.07) is 3.81. The van der Waals surface area contributed by atoms with Crippen LogP contribution in [0.15, 0.2) is 24.8 Å². The molecule has 1 aromatic rings. The van der Waals surface area contributed by atoms with Gasteiger partial charge in [-0.25, -0.2) is 0 Å². The number of rotatable bonds is 5. The first-order valence-corrected chi connectivity index (χ1v) is 7.49. The number of carbonyl (C=O) groups excluding carboxylic acids is 1. The first-order chi connectivity index (χ1) is 10.6. The van der Waals surface area contributed by atoms with Crippen LogP contribution in [0, 0.1) is 0 Å². The molecule has 1 fully saturated rings. The van der Waals surface area contributed by atoms with Gasteiger partial charge in [0.1, 0.15) is 0 Å². The molecule has 1 atom stereocenters. The Hall–Kier alpha value is -2.01. The Balaban J connectivity index is 2.39. The van der Waals surface area contributed by atoms with E-state index in [4.69, 9.17) is 9.47 Å². The molecule has 1 N–H and O–H groups in total. The Kier molecular flexibility index (Phi) is 5.44. The molecule has 1 saturated heterocycles. The number of amides is 1. The predicted octanol–water partition coefficient (Wildman–Crippen LogP) is 1.87. The van der Waals surface area contributed by atoms with Crippen molar-refractivity contribution in [2.24, 2.45) is 0 Å². The smallest absolute Gasteiger partial charge is 0.254 e. The summed E-state index contributed by atoms with van der Waals surface area (Å²) in [7, 11) is 3.18. The van der Waals surface area contributed by atoms with Crippen LogP contribution in [-0.4, -0.2) is 50.7 Å². The second-order valence-corrected chi connectivity index (χ2v) is 5.42. The number of methoxy groups -OCH3 is 2. The minimum absolute atomic E-state index is 0.0280. The number of ether oxygens (including phenoxy) is 2. The summed E-state index contributed by atoms with van der Waals surface area (Å²) in [5, 5.41) is 3.29. The molecule has 1 aliphatic rings. The molecule has 0 spiro atoms. The highest BCUT2D eigenvalue weighted by Crippen LogP contribution is 2.33. The van der Waals surface area contributed by atoms with Crippen LogP contribution in [0.25, 0.3) is 0 Å². The number of benzene rings is 1. The highest BCUT2D eigenvalue weighted by molar-refractivity contribution is 5.95. The first kappa shape index (κ1) is 16.4. The van der Waals surface area contributed by atoms with Crippen LogP contribution in [0.3, 0.4) is 0 Å². The summed E-state index contributed by atoms with van der Waals surface area (Å²) in [4.78, 5) is 14.7. The number of nitrogens with zero attached hydrogens (tertiary/aromatic N) is 1. The predicted molar refractivity (Wildman–Crippen MR) is 86.8 cm³/mol. The van der Waals surface area contributed by atoms with Crippen molar-refractivity contribution in [2.45, 2.75) is 19.4 Å². The van der Waals surface area contributed by atoms with Crippen LogP contribution in [0.2, 0.25) is 0 Å². The molecule has 5 heteroatoms. The van der Waals surface area contributed by atoms with Crippen molar-refractivity contribution >= 4 is 5.91 Å². The summed E-state index contributed by atoms with van der Waals surface area (Å²) >= 11 is 0. The van der Waals surface area contributed by atoms with Gasteiger partial charge in [-0.3, -0.25) is 4.79 Å². The SMILES string of the molecule is C=CCc1cc(C(=O)N2CCNC[C@H]2C)cc(OC)c1OC. The van der Waals surface area contributed by atoms with Crippen molar-refractivity contribution in [1.82, 2.24) is 10.2 Å². The number of hydrogen-bond acceptors (Lipinski definition) is 4. The molecule has 5 nitrogen and oxygen atoms in total. The van der Waals surface area contributed by atoms with Crippen molar-refractivity contribution in [3.05, 3.63) is 35.9 Å². The van der Waals surface area contributed by atoms with Gasteiger partial charge in [0.05, 0.1) is 14.2 Å². The molecule has 1 heterocycles. The number of nitrogens with one attached hydrogen (secondary N) is 1. The average Bonchev–Trinajstić information content (AvgIpc) is 2.54. The molecule has 2 rings (SSSR count). The summed E-state index contributed by atoms with van der Waals surface area (Å²) in [5.41, 5.74) is 1.53. The Morgan fingerprint density at radius 3 is 2.82 bits per heavy atom. The van der Waals surface area contributed by atoms with E-state index in [1.165, 1.54) is 0 Å². The summed E-state index contributed by atoms with van der Waals surface area (Å²) in [6.45, 7) is 8.17. The average molecular weight is 304 g/mol. The van der Waals surface area contributed by atoms with Gasteiger partial charge in [-0.15, -0.1) is 6.58 Å². The van der Waals surface area contributed by atoms with Crippen LogP contribution >= 0.6 is 0 Å². The Morgan fingerprint density at radius 1 is 1.45 bits per heavy atom. The van der Waals surface area contributed by atoms with Gasteiger partial charge in [-0.1, -0.05) is 6.08 Å². The molecule has 0 unspecified atom stereocenters. The number of hydrogen-bond donors (Lipinski definition) is 1. The van der Waals surface area contributed by atoms with E-state index in [0.717, 1.165) is 18.7 Å². The van der Waals surface area contributed by atoms with Crippen LogP contribution in [0.5, 0.6) is 11.5 Å². The van der Waals surface area contributed by atoms with E-state index in [-0.39, 0.29) is 11.9 Å². The number of allylic oxidation sites excluding steroid dienone is 1. The molecular weight excluding hydrogens is 280 g/mol. The summed E-state index contributed by atoms with van der Waals surface area (Å²) in [5.74, 6) is 1.26. The lowest BCUT2D eigenvalue weighted by molar-refractivity contribution is 0.0655. The molecule has 0 radical (unpaired) electrons. The Labute approximate surface area is 131 Å². The van der Waals surface area contributed by atoms with Crippen molar-refractivity contribution in [3.63, 3.8) is 0 Å². The topological polar surface area (TPSA) is 50.8 Å². The fourth-order valence-electron chi connectivity index (χ4n) is 2.78. The van der Waals surface area contributed by atoms with E-state index in [1.807, 2.05) is 11.0 Å². The van der Waals surface area contributed by atoms with E-state index >= 15 is 0 Å². The molecule has 22 heavy (non-hydrogen) atoms. The summed E-state index contributed by atoms with van der Waals surface area (Å²) in [6.07, 6.45) is 2.41. The second kappa shape index (κ2) is 7.31. The third kappa shape index (κ3) is 3.25. The third-order valence-electron chi connectivity index (χ3n) is 3.93. The lowest BCUT2D eigenvalue weighted by Crippen LogP contribution is -2.52. The van der Waals surface area contributed by atoms with Crippen LogP contribution in [0.4, 0.5) is 0 Å². The van der Waals surface area contributed by atoms with Crippen LogP contribution < -0.4 is 14.8 Å². The van der Waals surface area contributed by atoms with E-state index in [9.17, 15) is 4.79 Å². The van der Waals surface area contributed by atoms with Crippen molar-refractivity contribution < 1.29 is 14.3 Å². The standard InChI is InChI=1S/C17H24N2O3/c1-5-6-13-9-14(10-15(21-3)16(13)22-4)17(20)19-8-7-18-11-12(19)2/h5,9-10,12,18H,1,6-8,11H2,2-4H3/t12-/m1/s1. The van der Waals surface area contributed by atoms with Crippen LogP contribution in [0.1, 0.15) is 22.8 Å². The van der Waals surface area contributed by atoms with Gasteiger partial charge in [0, 0.05) is 36.8 Å². The minimum atomic E-state index is 0.0280. The van der Waals surface area contributed by atoms with Gasteiger partial charge in [0.25, 0.3) is 5.91 Å². The quantitative estimate of drug-likeness (QED) is 0.844. The molecular formula is C17H24N2O3. The zero-order valence-corrected chi connectivity index (χ0v) is 13.5. The van der Waals surface area contributed by atoms with E-state index in [0.29, 0.717) is 30.0 Å². The van der Waals surface area contributed by atoms with E-state index in [2.05, 4.69) is 18.8 Å². The number of carbonyl (C=O) groups is 1. The normalized spacial score (nSPS) is 18.0. The summed E-state index contributed by atoms with van der Waals surface area (Å²) < 4.78 is 10.8. The lowest BCUT2D eigenvalue weighted by Gasteiger charge is -2.34. The number of piperazine rings is 1. The highest BCUT2D eigenvalue weighted by atomic mass is 16.5.